The molecule has 0 aliphatic heterocycles. The summed E-state index contributed by atoms with van der Waals surface area (Å²) in [7, 11) is 1.79. The van der Waals surface area contributed by atoms with Gasteiger partial charge in [0.05, 0.1) is 0 Å². The van der Waals surface area contributed by atoms with E-state index in [1.807, 2.05) is 13.8 Å². The Labute approximate surface area is 104 Å². The van der Waals surface area contributed by atoms with Crippen molar-refractivity contribution in [1.82, 2.24) is 9.55 Å². The molecule has 0 radical (unpaired) electrons. The van der Waals surface area contributed by atoms with Crippen molar-refractivity contribution in [1.29, 1.82) is 0 Å². The van der Waals surface area contributed by atoms with E-state index < -0.39 is 11.6 Å². The lowest BCUT2D eigenvalue weighted by atomic mass is 10.1. The third-order valence-corrected chi connectivity index (χ3v) is 2.83. The fourth-order valence-electron chi connectivity index (χ4n) is 1.95. The standard InChI is InChI=1S/C13H15F2N3/c1-7(2)13-17-11(12(16)18(13)3)8-4-9(14)6-10(15)5-8/h4-7H,16H2,1-3H3. The van der Waals surface area contributed by atoms with Gasteiger partial charge in [-0.15, -0.1) is 0 Å². The Balaban J connectivity index is 2.60. The minimum Gasteiger partial charge on any atom is -0.383 e. The van der Waals surface area contributed by atoms with Crippen LogP contribution in [0.25, 0.3) is 11.3 Å². The molecular weight excluding hydrogens is 236 g/mol. The molecule has 0 saturated heterocycles. The average Bonchev–Trinajstić information content (AvgIpc) is 2.55. The molecule has 1 heterocycles. The summed E-state index contributed by atoms with van der Waals surface area (Å²) in [5, 5.41) is 0. The fraction of sp³-hybridized carbons (Fsp3) is 0.308. The zero-order chi connectivity index (χ0) is 13.4. The van der Waals surface area contributed by atoms with Gasteiger partial charge in [-0.2, -0.15) is 0 Å². The summed E-state index contributed by atoms with van der Waals surface area (Å²) in [6, 6.07) is 3.28. The van der Waals surface area contributed by atoms with E-state index in [0.717, 1.165) is 11.9 Å². The molecule has 0 aliphatic rings. The van der Waals surface area contributed by atoms with Gasteiger partial charge in [-0.1, -0.05) is 13.8 Å². The fourth-order valence-corrected chi connectivity index (χ4v) is 1.95. The van der Waals surface area contributed by atoms with Crippen LogP contribution in [0.15, 0.2) is 18.2 Å². The number of hydrogen-bond donors (Lipinski definition) is 1. The van der Waals surface area contributed by atoms with E-state index in [-0.39, 0.29) is 5.92 Å². The molecule has 0 unspecified atom stereocenters. The molecule has 96 valence electrons. The molecule has 5 heteroatoms. The molecule has 1 aromatic heterocycles. The molecule has 0 saturated carbocycles. The van der Waals surface area contributed by atoms with E-state index in [1.165, 1.54) is 12.1 Å². The van der Waals surface area contributed by atoms with Crippen LogP contribution in [0.4, 0.5) is 14.6 Å². The first-order valence-electron chi connectivity index (χ1n) is 5.68. The molecule has 1 aromatic carbocycles. The van der Waals surface area contributed by atoms with Crippen molar-refractivity contribution in [3.8, 4) is 11.3 Å². The van der Waals surface area contributed by atoms with Crippen LogP contribution < -0.4 is 5.73 Å². The van der Waals surface area contributed by atoms with Gasteiger partial charge in [-0.25, -0.2) is 13.8 Å². The minimum absolute atomic E-state index is 0.185. The number of halogens is 2. The van der Waals surface area contributed by atoms with Crippen LogP contribution in [0.3, 0.4) is 0 Å². The Morgan fingerprint density at radius 3 is 2.17 bits per heavy atom. The molecule has 2 N–H and O–H groups in total. The van der Waals surface area contributed by atoms with Crippen molar-refractivity contribution < 1.29 is 8.78 Å². The zero-order valence-electron chi connectivity index (χ0n) is 10.5. The highest BCUT2D eigenvalue weighted by Crippen LogP contribution is 2.29. The molecule has 2 aromatic rings. The van der Waals surface area contributed by atoms with Gasteiger partial charge < -0.3 is 10.3 Å². The highest BCUT2D eigenvalue weighted by atomic mass is 19.1. The molecule has 0 spiro atoms. The number of nitrogen functional groups attached to an aromatic ring is 1. The highest BCUT2D eigenvalue weighted by molar-refractivity contribution is 5.71. The van der Waals surface area contributed by atoms with Gasteiger partial charge in [0.25, 0.3) is 0 Å². The second kappa shape index (κ2) is 4.40. The summed E-state index contributed by atoms with van der Waals surface area (Å²) in [5.41, 5.74) is 6.70. The number of anilines is 1. The number of hydrogen-bond acceptors (Lipinski definition) is 2. The van der Waals surface area contributed by atoms with Gasteiger partial charge in [0, 0.05) is 24.6 Å². The van der Waals surface area contributed by atoms with Gasteiger partial charge in [0.15, 0.2) is 0 Å². The summed E-state index contributed by atoms with van der Waals surface area (Å²) >= 11 is 0. The molecule has 0 amide bonds. The van der Waals surface area contributed by atoms with E-state index in [4.69, 9.17) is 5.73 Å². The molecule has 0 aliphatic carbocycles. The number of aromatic nitrogens is 2. The van der Waals surface area contributed by atoms with Crippen molar-refractivity contribution in [3.05, 3.63) is 35.7 Å². The van der Waals surface area contributed by atoms with Crippen LogP contribution in [0, 0.1) is 11.6 Å². The van der Waals surface area contributed by atoms with E-state index in [1.54, 1.807) is 11.6 Å². The van der Waals surface area contributed by atoms with Crippen LogP contribution in [-0.2, 0) is 7.05 Å². The summed E-state index contributed by atoms with van der Waals surface area (Å²) in [4.78, 5) is 4.37. The molecule has 0 bridgehead atoms. The van der Waals surface area contributed by atoms with Crippen LogP contribution in [0.5, 0.6) is 0 Å². The van der Waals surface area contributed by atoms with Crippen molar-refractivity contribution >= 4 is 5.82 Å². The van der Waals surface area contributed by atoms with Crippen molar-refractivity contribution in [3.63, 3.8) is 0 Å². The Hall–Kier alpha value is -1.91. The first kappa shape index (κ1) is 12.5. The quantitative estimate of drug-likeness (QED) is 0.891. The number of nitrogens with zero attached hydrogens (tertiary/aromatic N) is 2. The first-order chi connectivity index (χ1) is 8.40. The van der Waals surface area contributed by atoms with Crippen molar-refractivity contribution in [2.75, 3.05) is 5.73 Å². The lowest BCUT2D eigenvalue weighted by Gasteiger charge is -2.04. The summed E-state index contributed by atoms with van der Waals surface area (Å²) in [5.74, 6) is 0.0997. The lowest BCUT2D eigenvalue weighted by molar-refractivity contribution is 0.584. The van der Waals surface area contributed by atoms with Gasteiger partial charge in [0.2, 0.25) is 0 Å². The molecule has 2 rings (SSSR count). The number of nitrogens with two attached hydrogens (primary N) is 1. The third-order valence-electron chi connectivity index (χ3n) is 2.83. The van der Waals surface area contributed by atoms with Gasteiger partial charge in [0.1, 0.15) is 29.0 Å². The number of benzene rings is 1. The molecule has 18 heavy (non-hydrogen) atoms. The van der Waals surface area contributed by atoms with E-state index >= 15 is 0 Å². The minimum atomic E-state index is -0.638. The maximum absolute atomic E-state index is 13.2. The maximum atomic E-state index is 13.2. The van der Waals surface area contributed by atoms with E-state index in [0.29, 0.717) is 17.1 Å². The smallest absolute Gasteiger partial charge is 0.131 e. The first-order valence-corrected chi connectivity index (χ1v) is 5.68. The van der Waals surface area contributed by atoms with Crippen LogP contribution >= 0.6 is 0 Å². The molecule has 0 fully saturated rings. The van der Waals surface area contributed by atoms with Gasteiger partial charge in [-0.3, -0.25) is 0 Å². The number of rotatable bonds is 2. The second-order valence-electron chi connectivity index (χ2n) is 4.58. The van der Waals surface area contributed by atoms with Gasteiger partial charge in [-0.05, 0) is 12.1 Å². The van der Waals surface area contributed by atoms with Gasteiger partial charge >= 0.3 is 0 Å². The second-order valence-corrected chi connectivity index (χ2v) is 4.58. The summed E-state index contributed by atoms with van der Waals surface area (Å²) in [6.07, 6.45) is 0. The normalized spacial score (nSPS) is 11.2. The third kappa shape index (κ3) is 2.08. The molecule has 0 atom stereocenters. The Bertz CT molecular complexity index is 568. The summed E-state index contributed by atoms with van der Waals surface area (Å²) in [6.45, 7) is 3.97. The SMILES string of the molecule is CC(C)c1nc(-c2cc(F)cc(F)c2)c(N)n1C. The maximum Gasteiger partial charge on any atom is 0.131 e. The molecular formula is C13H15F2N3. The average molecular weight is 251 g/mol. The van der Waals surface area contributed by atoms with Crippen LogP contribution in [-0.4, -0.2) is 9.55 Å². The highest BCUT2D eigenvalue weighted by Gasteiger charge is 2.16. The summed E-state index contributed by atoms with van der Waals surface area (Å²) < 4.78 is 28.1. The van der Waals surface area contributed by atoms with E-state index in [2.05, 4.69) is 4.98 Å². The Morgan fingerprint density at radius 1 is 1.17 bits per heavy atom. The van der Waals surface area contributed by atoms with Crippen LogP contribution in [0.2, 0.25) is 0 Å². The molecule has 3 nitrogen and oxygen atoms in total. The van der Waals surface area contributed by atoms with Crippen LogP contribution in [0.1, 0.15) is 25.6 Å². The lowest BCUT2D eigenvalue weighted by Crippen LogP contribution is -2.02. The predicted molar refractivity (Wildman–Crippen MR) is 67.1 cm³/mol. The predicted octanol–water partition coefficient (Wildman–Crippen LogP) is 3.07. The zero-order valence-corrected chi connectivity index (χ0v) is 10.5. The Morgan fingerprint density at radius 2 is 1.72 bits per heavy atom. The Kier molecular flexibility index (Phi) is 3.07. The van der Waals surface area contributed by atoms with Crippen molar-refractivity contribution in [2.24, 2.45) is 7.05 Å². The number of imidazole rings is 1. The van der Waals surface area contributed by atoms with E-state index in [9.17, 15) is 8.78 Å². The largest absolute Gasteiger partial charge is 0.383 e. The van der Waals surface area contributed by atoms with Crippen molar-refractivity contribution in [2.45, 2.75) is 19.8 Å². The monoisotopic (exact) mass is 251 g/mol. The topological polar surface area (TPSA) is 43.8 Å².